The van der Waals surface area contributed by atoms with E-state index in [4.69, 9.17) is 4.74 Å². The normalized spacial score (nSPS) is 28.5. The highest BCUT2D eigenvalue weighted by Crippen LogP contribution is 2.46. The van der Waals surface area contributed by atoms with E-state index in [2.05, 4.69) is 5.32 Å². The molecule has 1 fully saturated rings. The summed E-state index contributed by atoms with van der Waals surface area (Å²) in [5, 5.41) is 2.43. The van der Waals surface area contributed by atoms with Crippen molar-refractivity contribution in [3.05, 3.63) is 0 Å². The molecule has 0 spiro atoms. The van der Waals surface area contributed by atoms with E-state index in [1.54, 1.807) is 6.92 Å². The van der Waals surface area contributed by atoms with E-state index in [1.165, 1.54) is 7.11 Å². The lowest BCUT2D eigenvalue weighted by Crippen LogP contribution is -2.56. The minimum absolute atomic E-state index is 0.253. The summed E-state index contributed by atoms with van der Waals surface area (Å²) in [6.45, 7) is 9.15. The Hall–Kier alpha value is -1.39. The second kappa shape index (κ2) is 5.19. The highest BCUT2D eigenvalue weighted by Gasteiger charge is 2.52. The molecular weight excluding hydrogens is 258 g/mol. The van der Waals surface area contributed by atoms with Gasteiger partial charge >= 0.3 is 5.97 Å². The van der Waals surface area contributed by atoms with Gasteiger partial charge < -0.3 is 4.74 Å². The quantitative estimate of drug-likeness (QED) is 0.633. The molecule has 5 heteroatoms. The van der Waals surface area contributed by atoms with E-state index in [-0.39, 0.29) is 17.8 Å². The minimum Gasteiger partial charge on any atom is -0.469 e. The summed E-state index contributed by atoms with van der Waals surface area (Å²) in [6, 6.07) is 0. The fourth-order valence-electron chi connectivity index (χ4n) is 3.15. The maximum absolute atomic E-state index is 12.2. The maximum atomic E-state index is 12.2. The van der Waals surface area contributed by atoms with Crippen molar-refractivity contribution < 1.29 is 19.1 Å². The summed E-state index contributed by atoms with van der Waals surface area (Å²) in [6.07, 6.45) is 1.37. The third kappa shape index (κ3) is 2.86. The Bertz CT molecular complexity index is 443. The molecule has 1 saturated heterocycles. The fraction of sp³-hybridized carbons (Fsp3) is 0.800. The number of carbonyl (C=O) groups excluding carboxylic acids is 3. The first kappa shape index (κ1) is 16.7. The molecular formula is C15H25NO4. The molecule has 0 aromatic rings. The zero-order chi connectivity index (χ0) is 15.8. The van der Waals surface area contributed by atoms with Gasteiger partial charge in [0.2, 0.25) is 11.8 Å². The summed E-state index contributed by atoms with van der Waals surface area (Å²) in [4.78, 5) is 36.0. The van der Waals surface area contributed by atoms with Crippen LogP contribution in [0.5, 0.6) is 0 Å². The molecule has 0 aliphatic carbocycles. The van der Waals surface area contributed by atoms with Gasteiger partial charge in [-0.1, -0.05) is 27.7 Å². The van der Waals surface area contributed by atoms with Crippen LogP contribution in [0.3, 0.4) is 0 Å². The topological polar surface area (TPSA) is 72.5 Å². The van der Waals surface area contributed by atoms with E-state index >= 15 is 0 Å². The largest absolute Gasteiger partial charge is 0.469 e. The zero-order valence-electron chi connectivity index (χ0n) is 13.3. The highest BCUT2D eigenvalue weighted by molar-refractivity contribution is 6.03. The molecule has 1 aliphatic heterocycles. The number of hydrogen-bond donors (Lipinski definition) is 1. The Balaban J connectivity index is 3.07. The van der Waals surface area contributed by atoms with Crippen molar-refractivity contribution in [1.29, 1.82) is 0 Å². The van der Waals surface area contributed by atoms with E-state index in [0.717, 1.165) is 0 Å². The molecule has 1 aliphatic rings. The van der Waals surface area contributed by atoms with Crippen LogP contribution in [0.4, 0.5) is 0 Å². The van der Waals surface area contributed by atoms with Crippen molar-refractivity contribution in [1.82, 2.24) is 5.32 Å². The number of nitrogens with one attached hydrogen (secondary N) is 1. The SMILES string of the molecule is CCC(C)(CC1(C)CC(C)(C)C(=O)NC1=O)C(=O)OC. The third-order valence-electron chi connectivity index (χ3n) is 4.46. The molecule has 1 N–H and O–H groups in total. The molecule has 2 amide bonds. The van der Waals surface area contributed by atoms with Crippen LogP contribution < -0.4 is 5.32 Å². The van der Waals surface area contributed by atoms with Crippen LogP contribution >= 0.6 is 0 Å². The Morgan fingerprint density at radius 3 is 2.30 bits per heavy atom. The number of imide groups is 1. The molecule has 0 radical (unpaired) electrons. The summed E-state index contributed by atoms with van der Waals surface area (Å²) in [5.74, 6) is -0.870. The van der Waals surface area contributed by atoms with Gasteiger partial charge in [0.05, 0.1) is 12.5 Å². The van der Waals surface area contributed by atoms with Crippen LogP contribution in [0.2, 0.25) is 0 Å². The van der Waals surface area contributed by atoms with Crippen LogP contribution in [-0.4, -0.2) is 24.9 Å². The van der Waals surface area contributed by atoms with Crippen molar-refractivity contribution in [2.75, 3.05) is 7.11 Å². The molecule has 0 saturated carbocycles. The molecule has 0 aromatic carbocycles. The number of piperidine rings is 1. The number of rotatable bonds is 4. The van der Waals surface area contributed by atoms with Crippen LogP contribution in [0, 0.1) is 16.2 Å². The van der Waals surface area contributed by atoms with E-state index in [9.17, 15) is 14.4 Å². The summed E-state index contributed by atoms with van der Waals surface area (Å²) >= 11 is 0. The van der Waals surface area contributed by atoms with Crippen molar-refractivity contribution in [3.8, 4) is 0 Å². The van der Waals surface area contributed by atoms with Gasteiger partial charge in [-0.25, -0.2) is 0 Å². The average Bonchev–Trinajstić information content (AvgIpc) is 2.35. The number of ether oxygens (including phenoxy) is 1. The van der Waals surface area contributed by atoms with Gasteiger partial charge in [0.1, 0.15) is 0 Å². The van der Waals surface area contributed by atoms with E-state index in [0.29, 0.717) is 19.3 Å². The van der Waals surface area contributed by atoms with Gasteiger partial charge in [-0.05, 0) is 26.2 Å². The third-order valence-corrected chi connectivity index (χ3v) is 4.46. The molecule has 0 aromatic heterocycles. The van der Waals surface area contributed by atoms with Crippen molar-refractivity contribution >= 4 is 17.8 Å². The average molecular weight is 283 g/mol. The minimum atomic E-state index is -0.754. The fourth-order valence-corrected chi connectivity index (χ4v) is 3.15. The van der Waals surface area contributed by atoms with Crippen LogP contribution in [0.1, 0.15) is 53.9 Å². The number of hydrogen-bond acceptors (Lipinski definition) is 4. The number of methoxy groups -OCH3 is 1. The first-order valence-corrected chi connectivity index (χ1v) is 6.95. The summed E-state index contributed by atoms with van der Waals surface area (Å²) in [5.41, 5.74) is -2.10. The van der Waals surface area contributed by atoms with Gasteiger partial charge in [0.15, 0.2) is 0 Å². The van der Waals surface area contributed by atoms with Crippen molar-refractivity contribution in [2.45, 2.75) is 53.9 Å². The van der Waals surface area contributed by atoms with Gasteiger partial charge in [-0.15, -0.1) is 0 Å². The zero-order valence-corrected chi connectivity index (χ0v) is 13.3. The lowest BCUT2D eigenvalue weighted by atomic mass is 9.62. The maximum Gasteiger partial charge on any atom is 0.311 e. The van der Waals surface area contributed by atoms with Crippen LogP contribution in [0.25, 0.3) is 0 Å². The molecule has 2 atom stereocenters. The molecule has 1 rings (SSSR count). The molecule has 0 bridgehead atoms. The van der Waals surface area contributed by atoms with Gasteiger partial charge in [0.25, 0.3) is 0 Å². The Kier molecular flexibility index (Phi) is 4.32. The van der Waals surface area contributed by atoms with Crippen molar-refractivity contribution in [3.63, 3.8) is 0 Å². The van der Waals surface area contributed by atoms with Crippen LogP contribution in [-0.2, 0) is 19.1 Å². The molecule has 1 heterocycles. The van der Waals surface area contributed by atoms with Crippen molar-refractivity contribution in [2.24, 2.45) is 16.2 Å². The van der Waals surface area contributed by atoms with E-state index < -0.39 is 16.2 Å². The second-order valence-corrected chi connectivity index (χ2v) is 6.99. The Morgan fingerprint density at radius 1 is 1.30 bits per heavy atom. The number of carbonyl (C=O) groups is 3. The second-order valence-electron chi connectivity index (χ2n) is 6.99. The predicted octanol–water partition coefficient (Wildman–Crippen LogP) is 2.04. The van der Waals surface area contributed by atoms with E-state index in [1.807, 2.05) is 27.7 Å². The molecule has 20 heavy (non-hydrogen) atoms. The summed E-state index contributed by atoms with van der Waals surface area (Å²) in [7, 11) is 1.35. The van der Waals surface area contributed by atoms with Crippen LogP contribution in [0.15, 0.2) is 0 Å². The molecule has 114 valence electrons. The molecule has 5 nitrogen and oxygen atoms in total. The Morgan fingerprint density at radius 2 is 1.85 bits per heavy atom. The Labute approximate surface area is 120 Å². The first-order chi connectivity index (χ1) is 9.00. The predicted molar refractivity (Wildman–Crippen MR) is 74.7 cm³/mol. The standard InChI is InChI=1S/C15H25NO4/c1-7-14(4,12(19)20-6)9-15(5)8-13(2,3)10(17)16-11(15)18/h7-9H2,1-6H3,(H,16,17,18). The highest BCUT2D eigenvalue weighted by atomic mass is 16.5. The number of amides is 2. The summed E-state index contributed by atoms with van der Waals surface area (Å²) < 4.78 is 4.86. The van der Waals surface area contributed by atoms with Gasteiger partial charge in [-0.3, -0.25) is 19.7 Å². The lowest BCUT2D eigenvalue weighted by Gasteiger charge is -2.43. The smallest absolute Gasteiger partial charge is 0.311 e. The first-order valence-electron chi connectivity index (χ1n) is 6.95. The monoisotopic (exact) mass is 283 g/mol. The molecule has 2 unspecified atom stereocenters. The lowest BCUT2D eigenvalue weighted by molar-refractivity contribution is -0.159. The van der Waals surface area contributed by atoms with Gasteiger partial charge in [-0.2, -0.15) is 0 Å². The number of esters is 1. The van der Waals surface area contributed by atoms with Gasteiger partial charge in [0, 0.05) is 10.8 Å².